The fraction of sp³-hybridized carbons (Fsp3) is 0.357. The highest BCUT2D eigenvalue weighted by Gasteiger charge is 2.32. The molecule has 1 fully saturated rings. The fourth-order valence-corrected chi connectivity index (χ4v) is 2.36. The summed E-state index contributed by atoms with van der Waals surface area (Å²) in [5.41, 5.74) is 7.30. The average molecular weight is 281 g/mol. The Morgan fingerprint density at radius 1 is 1.30 bits per heavy atom. The predicted molar refractivity (Wildman–Crippen MR) is 68.4 cm³/mol. The molecule has 6 heteroatoms. The molecule has 3 rings (SSSR count). The molecule has 1 heterocycles. The first-order valence-corrected chi connectivity index (χ1v) is 6.45. The number of rotatable bonds is 3. The molecule has 2 N–H and O–H groups in total. The molecule has 2 aromatic rings. The quantitative estimate of drug-likeness (QED) is 0.938. The lowest BCUT2D eigenvalue weighted by molar-refractivity contribution is -0.137. The van der Waals surface area contributed by atoms with Gasteiger partial charge in [-0.05, 0) is 31.0 Å². The van der Waals surface area contributed by atoms with Crippen LogP contribution >= 0.6 is 0 Å². The summed E-state index contributed by atoms with van der Waals surface area (Å²) < 4.78 is 39.9. The van der Waals surface area contributed by atoms with Crippen LogP contribution in [0, 0.1) is 0 Å². The maximum Gasteiger partial charge on any atom is 0.416 e. The van der Waals surface area contributed by atoms with Gasteiger partial charge >= 0.3 is 6.18 Å². The van der Waals surface area contributed by atoms with E-state index in [-0.39, 0.29) is 0 Å². The first-order chi connectivity index (χ1) is 9.50. The van der Waals surface area contributed by atoms with Gasteiger partial charge in [0.05, 0.1) is 23.1 Å². The Balaban J connectivity index is 2.07. The van der Waals surface area contributed by atoms with Gasteiger partial charge in [0.1, 0.15) is 0 Å². The molecule has 0 spiro atoms. The van der Waals surface area contributed by atoms with Crippen LogP contribution in [0.25, 0.3) is 5.69 Å². The van der Waals surface area contributed by atoms with Gasteiger partial charge in [-0.1, -0.05) is 6.07 Å². The van der Waals surface area contributed by atoms with E-state index >= 15 is 0 Å². The van der Waals surface area contributed by atoms with Gasteiger partial charge in [-0.3, -0.25) is 0 Å². The molecule has 0 amide bonds. The molecular weight excluding hydrogens is 267 g/mol. The Morgan fingerprint density at radius 2 is 2.05 bits per heavy atom. The molecule has 106 valence electrons. The van der Waals surface area contributed by atoms with Gasteiger partial charge < -0.3 is 5.73 Å². The highest BCUT2D eigenvalue weighted by atomic mass is 19.4. The number of hydrogen-bond acceptors (Lipinski definition) is 2. The molecule has 1 aromatic carbocycles. The van der Waals surface area contributed by atoms with Crippen molar-refractivity contribution in [2.75, 3.05) is 0 Å². The minimum Gasteiger partial charge on any atom is -0.326 e. The monoisotopic (exact) mass is 281 g/mol. The number of alkyl halides is 3. The molecular formula is C14H14F3N3. The normalized spacial score (nSPS) is 15.6. The maximum atomic E-state index is 12.8. The van der Waals surface area contributed by atoms with E-state index in [1.54, 1.807) is 16.9 Å². The Kier molecular flexibility index (Phi) is 3.05. The number of nitrogens with two attached hydrogens (primary N) is 1. The molecule has 3 nitrogen and oxygen atoms in total. The molecule has 1 aromatic heterocycles. The van der Waals surface area contributed by atoms with Crippen LogP contribution in [-0.2, 0) is 12.7 Å². The van der Waals surface area contributed by atoms with Crippen molar-refractivity contribution in [2.24, 2.45) is 5.73 Å². The van der Waals surface area contributed by atoms with Gasteiger partial charge in [-0.2, -0.15) is 18.3 Å². The smallest absolute Gasteiger partial charge is 0.326 e. The van der Waals surface area contributed by atoms with E-state index in [1.807, 2.05) is 0 Å². The van der Waals surface area contributed by atoms with E-state index in [9.17, 15) is 13.2 Å². The van der Waals surface area contributed by atoms with Gasteiger partial charge in [0, 0.05) is 18.0 Å². The zero-order valence-corrected chi connectivity index (χ0v) is 10.7. The Labute approximate surface area is 114 Å². The molecule has 20 heavy (non-hydrogen) atoms. The summed E-state index contributed by atoms with van der Waals surface area (Å²) in [4.78, 5) is 0. The highest BCUT2D eigenvalue weighted by Crippen LogP contribution is 2.42. The third-order valence-corrected chi connectivity index (χ3v) is 3.49. The summed E-state index contributed by atoms with van der Waals surface area (Å²) in [5.74, 6) is 0.366. The van der Waals surface area contributed by atoms with Crippen molar-refractivity contribution in [1.29, 1.82) is 0 Å². The fourth-order valence-electron chi connectivity index (χ4n) is 2.36. The van der Waals surface area contributed by atoms with Crippen LogP contribution in [-0.4, -0.2) is 9.78 Å². The lowest BCUT2D eigenvalue weighted by Crippen LogP contribution is -2.08. The van der Waals surface area contributed by atoms with E-state index in [0.29, 0.717) is 18.2 Å². The van der Waals surface area contributed by atoms with E-state index < -0.39 is 11.7 Å². The Bertz CT molecular complexity index is 627. The van der Waals surface area contributed by atoms with Crippen molar-refractivity contribution in [1.82, 2.24) is 9.78 Å². The lowest BCUT2D eigenvalue weighted by atomic mass is 10.1. The van der Waals surface area contributed by atoms with Crippen LogP contribution in [0.1, 0.15) is 35.6 Å². The number of nitrogens with zero attached hydrogens (tertiary/aromatic N) is 2. The van der Waals surface area contributed by atoms with Gasteiger partial charge in [0.15, 0.2) is 0 Å². The zero-order chi connectivity index (χ0) is 14.3. The molecule has 0 atom stereocenters. The van der Waals surface area contributed by atoms with Gasteiger partial charge in [0.2, 0.25) is 0 Å². The summed E-state index contributed by atoms with van der Waals surface area (Å²) in [6, 6.07) is 5.22. The molecule has 0 aliphatic heterocycles. The van der Waals surface area contributed by atoms with Crippen LogP contribution in [0.4, 0.5) is 13.2 Å². The third-order valence-electron chi connectivity index (χ3n) is 3.49. The number of aromatic nitrogens is 2. The second kappa shape index (κ2) is 4.63. The van der Waals surface area contributed by atoms with Crippen LogP contribution < -0.4 is 5.73 Å². The number of benzene rings is 1. The summed E-state index contributed by atoms with van der Waals surface area (Å²) in [7, 11) is 0. The largest absolute Gasteiger partial charge is 0.416 e. The Morgan fingerprint density at radius 3 is 2.65 bits per heavy atom. The third kappa shape index (κ3) is 2.31. The second-order valence-electron chi connectivity index (χ2n) is 4.99. The Hall–Kier alpha value is -1.82. The number of halogens is 3. The number of hydrogen-bond donors (Lipinski definition) is 1. The minimum absolute atomic E-state index is 0.352. The molecule has 1 aliphatic carbocycles. The van der Waals surface area contributed by atoms with Gasteiger partial charge in [-0.15, -0.1) is 0 Å². The van der Waals surface area contributed by atoms with Crippen molar-refractivity contribution < 1.29 is 13.2 Å². The van der Waals surface area contributed by atoms with E-state index in [1.165, 1.54) is 6.07 Å². The zero-order valence-electron chi connectivity index (χ0n) is 10.7. The van der Waals surface area contributed by atoms with Crippen molar-refractivity contribution in [3.63, 3.8) is 0 Å². The lowest BCUT2D eigenvalue weighted by Gasteiger charge is -2.11. The summed E-state index contributed by atoms with van der Waals surface area (Å²) in [6.07, 6.45) is -0.622. The molecule has 0 bridgehead atoms. The summed E-state index contributed by atoms with van der Waals surface area (Å²) in [6.45, 7) is 0.352. The molecule has 0 unspecified atom stereocenters. The van der Waals surface area contributed by atoms with Crippen molar-refractivity contribution in [3.8, 4) is 5.69 Å². The van der Waals surface area contributed by atoms with E-state index in [2.05, 4.69) is 5.10 Å². The minimum atomic E-state index is -4.35. The highest BCUT2D eigenvalue weighted by molar-refractivity contribution is 5.41. The topological polar surface area (TPSA) is 43.8 Å². The van der Waals surface area contributed by atoms with Gasteiger partial charge in [-0.25, -0.2) is 4.68 Å². The summed E-state index contributed by atoms with van der Waals surface area (Å²) >= 11 is 0. The first kappa shape index (κ1) is 13.2. The van der Waals surface area contributed by atoms with Crippen molar-refractivity contribution >= 4 is 0 Å². The van der Waals surface area contributed by atoms with Crippen molar-refractivity contribution in [2.45, 2.75) is 31.5 Å². The van der Waals surface area contributed by atoms with E-state index in [4.69, 9.17) is 5.73 Å². The van der Waals surface area contributed by atoms with Crippen LogP contribution in [0.2, 0.25) is 0 Å². The van der Waals surface area contributed by atoms with Crippen LogP contribution in [0.15, 0.2) is 30.5 Å². The average Bonchev–Trinajstić information content (AvgIpc) is 3.17. The molecule has 0 radical (unpaired) electrons. The van der Waals surface area contributed by atoms with Crippen LogP contribution in [0.5, 0.6) is 0 Å². The molecule has 1 aliphatic rings. The predicted octanol–water partition coefficient (Wildman–Crippen LogP) is 3.23. The SMILES string of the molecule is NCc1cnn(-c2cccc(C(F)(F)F)c2)c1C1CC1. The van der Waals surface area contributed by atoms with Gasteiger partial charge in [0.25, 0.3) is 0 Å². The van der Waals surface area contributed by atoms with Crippen molar-refractivity contribution in [3.05, 3.63) is 47.3 Å². The molecule has 1 saturated carbocycles. The maximum absolute atomic E-state index is 12.8. The summed E-state index contributed by atoms with van der Waals surface area (Å²) in [5, 5.41) is 4.21. The van der Waals surface area contributed by atoms with E-state index in [0.717, 1.165) is 36.2 Å². The standard InChI is InChI=1S/C14H14F3N3/c15-14(16,17)11-2-1-3-12(6-11)20-13(9-4-5-9)10(7-18)8-19-20/h1-3,6,8-9H,4-5,7,18H2. The molecule has 0 saturated heterocycles. The van der Waals surface area contributed by atoms with Crippen LogP contribution in [0.3, 0.4) is 0 Å². The first-order valence-electron chi connectivity index (χ1n) is 6.45. The second-order valence-corrected chi connectivity index (χ2v) is 4.99.